The first kappa shape index (κ1) is 17.0. The van der Waals surface area contributed by atoms with E-state index in [4.69, 9.17) is 0 Å². The number of fused-ring (bicyclic) bond motifs is 1. The van der Waals surface area contributed by atoms with Gasteiger partial charge in [-0.15, -0.1) is 0 Å². The van der Waals surface area contributed by atoms with Crippen LogP contribution >= 0.6 is 0 Å². The maximum Gasteiger partial charge on any atom is 0.150 e. The maximum atomic E-state index is 13.0. The lowest BCUT2D eigenvalue weighted by Gasteiger charge is -2.33. The number of halogens is 1. The lowest BCUT2D eigenvalue weighted by molar-refractivity contribution is 0.112. The van der Waals surface area contributed by atoms with Crippen LogP contribution in [0.25, 0.3) is 10.9 Å². The van der Waals surface area contributed by atoms with E-state index in [-0.39, 0.29) is 5.82 Å². The highest BCUT2D eigenvalue weighted by Crippen LogP contribution is 2.28. The van der Waals surface area contributed by atoms with Crippen molar-refractivity contribution in [2.45, 2.75) is 25.3 Å². The molecule has 26 heavy (non-hydrogen) atoms. The maximum absolute atomic E-state index is 13.0. The van der Waals surface area contributed by atoms with E-state index in [1.807, 2.05) is 30.3 Å². The van der Waals surface area contributed by atoms with Gasteiger partial charge in [0.15, 0.2) is 0 Å². The van der Waals surface area contributed by atoms with E-state index in [1.54, 1.807) is 0 Å². The van der Waals surface area contributed by atoms with Crippen LogP contribution in [-0.4, -0.2) is 35.4 Å². The molecule has 1 aromatic heterocycles. The number of carbonyl (C=O) groups excluding carboxylic acids is 1. The van der Waals surface area contributed by atoms with Gasteiger partial charge in [-0.05, 0) is 54.5 Å². The molecule has 0 N–H and O–H groups in total. The standard InChI is InChI=1S/C22H23FN2O/c23-20-5-2-17(3-6-20)7-11-24-12-9-21(10-13-24)25-14-8-19-4-1-18(16-26)15-22(19)25/h1-6,8,14-16,21H,7,9-13H2. The molecule has 0 aliphatic carbocycles. The molecule has 1 saturated heterocycles. The monoisotopic (exact) mass is 350 g/mol. The molecule has 4 heteroatoms. The topological polar surface area (TPSA) is 25.2 Å². The van der Waals surface area contributed by atoms with Gasteiger partial charge in [-0.3, -0.25) is 4.79 Å². The Morgan fingerprint density at radius 1 is 1.04 bits per heavy atom. The van der Waals surface area contributed by atoms with Crippen LogP contribution in [0.4, 0.5) is 4.39 Å². The molecule has 134 valence electrons. The van der Waals surface area contributed by atoms with Gasteiger partial charge in [0.25, 0.3) is 0 Å². The number of benzene rings is 2. The van der Waals surface area contributed by atoms with Crippen LogP contribution in [-0.2, 0) is 6.42 Å². The van der Waals surface area contributed by atoms with E-state index in [9.17, 15) is 9.18 Å². The normalized spacial score (nSPS) is 16.2. The minimum atomic E-state index is -0.175. The molecule has 4 rings (SSSR count). The van der Waals surface area contributed by atoms with Crippen LogP contribution in [0.3, 0.4) is 0 Å². The molecule has 0 bridgehead atoms. The minimum absolute atomic E-state index is 0.175. The lowest BCUT2D eigenvalue weighted by Crippen LogP contribution is -2.35. The second-order valence-corrected chi connectivity index (χ2v) is 7.11. The van der Waals surface area contributed by atoms with Crippen LogP contribution in [0.5, 0.6) is 0 Å². The van der Waals surface area contributed by atoms with Gasteiger partial charge in [0.05, 0.1) is 0 Å². The first-order chi connectivity index (χ1) is 12.7. The van der Waals surface area contributed by atoms with Crippen molar-refractivity contribution >= 4 is 17.2 Å². The first-order valence-electron chi connectivity index (χ1n) is 9.25. The Bertz CT molecular complexity index is 892. The third-order valence-corrected chi connectivity index (χ3v) is 5.46. The van der Waals surface area contributed by atoms with Crippen LogP contribution in [0.1, 0.15) is 34.8 Å². The van der Waals surface area contributed by atoms with Crippen molar-refractivity contribution in [2.75, 3.05) is 19.6 Å². The minimum Gasteiger partial charge on any atom is -0.344 e. The molecule has 1 fully saturated rings. The predicted molar refractivity (Wildman–Crippen MR) is 102 cm³/mol. The van der Waals surface area contributed by atoms with Crippen molar-refractivity contribution in [1.29, 1.82) is 0 Å². The van der Waals surface area contributed by atoms with Crippen molar-refractivity contribution in [3.05, 3.63) is 71.7 Å². The van der Waals surface area contributed by atoms with Crippen LogP contribution in [0.2, 0.25) is 0 Å². The number of likely N-dealkylation sites (tertiary alicyclic amines) is 1. The Morgan fingerprint density at radius 2 is 1.81 bits per heavy atom. The van der Waals surface area contributed by atoms with Crippen molar-refractivity contribution in [1.82, 2.24) is 9.47 Å². The average molecular weight is 350 g/mol. The second kappa shape index (κ2) is 7.42. The number of aldehydes is 1. The number of carbonyl (C=O) groups is 1. The first-order valence-corrected chi connectivity index (χ1v) is 9.25. The van der Waals surface area contributed by atoms with Crippen LogP contribution in [0, 0.1) is 5.82 Å². The zero-order valence-electron chi connectivity index (χ0n) is 14.8. The predicted octanol–water partition coefficient (Wildman–Crippen LogP) is 4.47. The third kappa shape index (κ3) is 3.56. The Labute approximate surface area is 153 Å². The summed E-state index contributed by atoms with van der Waals surface area (Å²) < 4.78 is 15.3. The Kier molecular flexibility index (Phi) is 4.85. The highest BCUT2D eigenvalue weighted by atomic mass is 19.1. The van der Waals surface area contributed by atoms with E-state index in [0.29, 0.717) is 6.04 Å². The SMILES string of the molecule is O=Cc1ccc2ccn(C3CCN(CCc4ccc(F)cc4)CC3)c2c1. The van der Waals surface area contributed by atoms with Crippen molar-refractivity contribution in [3.63, 3.8) is 0 Å². The number of piperidine rings is 1. The van der Waals surface area contributed by atoms with E-state index < -0.39 is 0 Å². The summed E-state index contributed by atoms with van der Waals surface area (Å²) in [5.41, 5.74) is 3.07. The summed E-state index contributed by atoms with van der Waals surface area (Å²) in [4.78, 5) is 13.6. The van der Waals surface area contributed by atoms with E-state index in [2.05, 4.69) is 21.7 Å². The van der Waals surface area contributed by atoms with E-state index >= 15 is 0 Å². The van der Waals surface area contributed by atoms with Crippen molar-refractivity contribution in [3.8, 4) is 0 Å². The fraction of sp³-hybridized carbons (Fsp3) is 0.318. The molecule has 0 atom stereocenters. The van der Waals surface area contributed by atoms with Gasteiger partial charge < -0.3 is 9.47 Å². The molecule has 2 heterocycles. The van der Waals surface area contributed by atoms with E-state index in [0.717, 1.165) is 56.3 Å². The molecule has 0 radical (unpaired) electrons. The molecule has 0 unspecified atom stereocenters. The fourth-order valence-corrected chi connectivity index (χ4v) is 3.92. The summed E-state index contributed by atoms with van der Waals surface area (Å²) in [6.45, 7) is 3.15. The van der Waals surface area contributed by atoms with Gasteiger partial charge >= 0.3 is 0 Å². The van der Waals surface area contributed by atoms with Crippen LogP contribution < -0.4 is 0 Å². The Balaban J connectivity index is 1.37. The van der Waals surface area contributed by atoms with Crippen molar-refractivity contribution < 1.29 is 9.18 Å². The summed E-state index contributed by atoms with van der Waals surface area (Å²) in [5.74, 6) is -0.175. The smallest absolute Gasteiger partial charge is 0.150 e. The molecular weight excluding hydrogens is 327 g/mol. The molecule has 2 aromatic carbocycles. The number of aromatic nitrogens is 1. The lowest BCUT2D eigenvalue weighted by atomic mass is 10.0. The Hall–Kier alpha value is -2.46. The number of hydrogen-bond donors (Lipinski definition) is 0. The highest BCUT2D eigenvalue weighted by Gasteiger charge is 2.21. The van der Waals surface area contributed by atoms with Gasteiger partial charge in [0.2, 0.25) is 0 Å². The number of hydrogen-bond acceptors (Lipinski definition) is 2. The zero-order chi connectivity index (χ0) is 17.9. The summed E-state index contributed by atoms with van der Waals surface area (Å²) in [7, 11) is 0. The van der Waals surface area contributed by atoms with Gasteiger partial charge in [-0.1, -0.05) is 24.3 Å². The molecule has 0 amide bonds. The van der Waals surface area contributed by atoms with Crippen LogP contribution in [0.15, 0.2) is 54.7 Å². The number of rotatable bonds is 5. The van der Waals surface area contributed by atoms with Gasteiger partial charge in [0, 0.05) is 43.0 Å². The molecule has 0 spiro atoms. The molecule has 3 nitrogen and oxygen atoms in total. The summed E-state index contributed by atoms with van der Waals surface area (Å²) in [6.07, 6.45) is 6.24. The fourth-order valence-electron chi connectivity index (χ4n) is 3.92. The zero-order valence-corrected chi connectivity index (χ0v) is 14.8. The van der Waals surface area contributed by atoms with E-state index in [1.165, 1.54) is 23.1 Å². The largest absolute Gasteiger partial charge is 0.344 e. The molecule has 3 aromatic rings. The molecule has 1 aliphatic rings. The number of nitrogens with zero attached hydrogens (tertiary/aromatic N) is 2. The summed E-state index contributed by atoms with van der Waals surface area (Å²) in [6, 6.07) is 15.3. The molecular formula is C22H23FN2O. The quantitative estimate of drug-likeness (QED) is 0.634. The second-order valence-electron chi connectivity index (χ2n) is 7.11. The molecule has 0 saturated carbocycles. The van der Waals surface area contributed by atoms with Gasteiger partial charge in [0.1, 0.15) is 12.1 Å². The molecule has 1 aliphatic heterocycles. The van der Waals surface area contributed by atoms with Gasteiger partial charge in [-0.25, -0.2) is 4.39 Å². The summed E-state index contributed by atoms with van der Waals surface area (Å²) in [5, 5.41) is 1.19. The van der Waals surface area contributed by atoms with Gasteiger partial charge in [-0.2, -0.15) is 0 Å². The highest BCUT2D eigenvalue weighted by molar-refractivity contribution is 5.87. The summed E-state index contributed by atoms with van der Waals surface area (Å²) >= 11 is 0. The Morgan fingerprint density at radius 3 is 2.54 bits per heavy atom. The average Bonchev–Trinajstić information content (AvgIpc) is 3.11. The third-order valence-electron chi connectivity index (χ3n) is 5.46. The van der Waals surface area contributed by atoms with Crippen molar-refractivity contribution in [2.24, 2.45) is 0 Å².